The smallest absolute Gasteiger partial charge is 0.302 e. The summed E-state index contributed by atoms with van der Waals surface area (Å²) in [6, 6.07) is 10.4. The van der Waals surface area contributed by atoms with Gasteiger partial charge in [0.1, 0.15) is 11.9 Å². The predicted octanol–water partition coefficient (Wildman–Crippen LogP) is 4.94. The van der Waals surface area contributed by atoms with Crippen LogP contribution < -0.4 is 0 Å². The van der Waals surface area contributed by atoms with Crippen molar-refractivity contribution in [2.75, 3.05) is 0 Å². The van der Waals surface area contributed by atoms with Crippen LogP contribution in [0.3, 0.4) is 0 Å². The van der Waals surface area contributed by atoms with Crippen LogP contribution in [0.2, 0.25) is 0 Å². The van der Waals surface area contributed by atoms with Gasteiger partial charge in [0.25, 0.3) is 0 Å². The molecule has 3 heteroatoms. The van der Waals surface area contributed by atoms with E-state index in [1.165, 1.54) is 23.4 Å². The van der Waals surface area contributed by atoms with Gasteiger partial charge in [-0.3, -0.25) is 4.79 Å². The molecule has 0 radical (unpaired) electrons. The first-order chi connectivity index (χ1) is 12.5. The number of rotatable bonds is 1. The van der Waals surface area contributed by atoms with Crippen molar-refractivity contribution in [2.24, 2.45) is 17.3 Å². The molecule has 3 aliphatic carbocycles. The summed E-state index contributed by atoms with van der Waals surface area (Å²) in [7, 11) is 0. The van der Waals surface area contributed by atoms with Crippen molar-refractivity contribution in [3.05, 3.63) is 41.5 Å². The highest BCUT2D eigenvalue weighted by Gasteiger charge is 2.56. The maximum absolute atomic E-state index is 11.6. The standard InChI is InChI=1S/C23H26O3/c1-13(24)26-21-9-7-19-18-12-14-4-3-5-17-20(25)8-6-16(22(14)17)15(18)10-11-23(19,21)2/h3-6,8,15,18-19,21,25H,7,9-12H2,1-2H3. The van der Waals surface area contributed by atoms with E-state index >= 15 is 0 Å². The van der Waals surface area contributed by atoms with Gasteiger partial charge in [-0.15, -0.1) is 0 Å². The number of carbonyl (C=O) groups excluding carboxylic acids is 1. The first kappa shape index (κ1) is 16.2. The molecule has 2 fully saturated rings. The topological polar surface area (TPSA) is 46.5 Å². The van der Waals surface area contributed by atoms with Gasteiger partial charge in [0.15, 0.2) is 0 Å². The molecule has 1 N–H and O–H groups in total. The van der Waals surface area contributed by atoms with E-state index in [0.29, 0.717) is 23.5 Å². The zero-order valence-corrected chi connectivity index (χ0v) is 15.5. The van der Waals surface area contributed by atoms with Crippen LogP contribution in [-0.2, 0) is 16.0 Å². The monoisotopic (exact) mass is 350 g/mol. The Morgan fingerprint density at radius 2 is 2.04 bits per heavy atom. The number of fused-ring (bicyclic) bond motifs is 4. The summed E-state index contributed by atoms with van der Waals surface area (Å²) < 4.78 is 5.73. The average Bonchev–Trinajstić information content (AvgIpc) is 2.94. The van der Waals surface area contributed by atoms with E-state index in [1.54, 1.807) is 0 Å². The molecule has 0 saturated heterocycles. The van der Waals surface area contributed by atoms with Gasteiger partial charge in [-0.2, -0.15) is 0 Å². The van der Waals surface area contributed by atoms with Crippen LogP contribution in [0, 0.1) is 17.3 Å². The van der Waals surface area contributed by atoms with E-state index in [4.69, 9.17) is 4.74 Å². The molecule has 136 valence electrons. The molecule has 0 bridgehead atoms. The fraction of sp³-hybridized carbons (Fsp3) is 0.522. The van der Waals surface area contributed by atoms with E-state index in [2.05, 4.69) is 25.1 Å². The normalized spacial score (nSPS) is 35.0. The molecule has 0 amide bonds. The molecule has 2 saturated carbocycles. The van der Waals surface area contributed by atoms with Gasteiger partial charge in [-0.25, -0.2) is 0 Å². The molecule has 5 unspecified atom stereocenters. The number of hydrogen-bond acceptors (Lipinski definition) is 3. The minimum Gasteiger partial charge on any atom is -0.507 e. The molecule has 2 aromatic carbocycles. The highest BCUT2D eigenvalue weighted by Crippen LogP contribution is 2.62. The number of aromatic hydroxyl groups is 1. The highest BCUT2D eigenvalue weighted by molar-refractivity contribution is 5.94. The average molecular weight is 350 g/mol. The minimum absolute atomic E-state index is 0.0722. The lowest BCUT2D eigenvalue weighted by atomic mass is 9.55. The van der Waals surface area contributed by atoms with Gasteiger partial charge in [0.2, 0.25) is 0 Å². The Labute approximate surface area is 154 Å². The Morgan fingerprint density at radius 1 is 1.19 bits per heavy atom. The molecular formula is C23H26O3. The van der Waals surface area contributed by atoms with Gasteiger partial charge in [0, 0.05) is 17.7 Å². The van der Waals surface area contributed by atoms with Gasteiger partial charge < -0.3 is 9.84 Å². The molecule has 0 aromatic heterocycles. The van der Waals surface area contributed by atoms with E-state index in [0.717, 1.165) is 37.5 Å². The van der Waals surface area contributed by atoms with E-state index in [-0.39, 0.29) is 17.5 Å². The molecule has 2 aromatic rings. The summed E-state index contributed by atoms with van der Waals surface area (Å²) in [5, 5.41) is 12.6. The molecule has 5 atom stereocenters. The fourth-order valence-corrected chi connectivity index (χ4v) is 6.53. The van der Waals surface area contributed by atoms with Gasteiger partial charge in [-0.1, -0.05) is 31.2 Å². The summed E-state index contributed by atoms with van der Waals surface area (Å²) in [5.41, 5.74) is 2.90. The van der Waals surface area contributed by atoms with E-state index in [9.17, 15) is 9.90 Å². The van der Waals surface area contributed by atoms with Crippen LogP contribution in [0.15, 0.2) is 30.3 Å². The SMILES string of the molecule is CC(=O)OC1CCC2C3Cc4cccc5c(O)ccc(c45)C3CCC12C. The lowest BCUT2D eigenvalue weighted by Crippen LogP contribution is -2.45. The second-order valence-corrected chi connectivity index (χ2v) is 8.81. The van der Waals surface area contributed by atoms with Gasteiger partial charge in [0.05, 0.1) is 0 Å². The van der Waals surface area contributed by atoms with E-state index < -0.39 is 0 Å². The predicted molar refractivity (Wildman–Crippen MR) is 101 cm³/mol. The van der Waals surface area contributed by atoms with Crippen molar-refractivity contribution in [1.29, 1.82) is 0 Å². The zero-order valence-electron chi connectivity index (χ0n) is 15.5. The first-order valence-electron chi connectivity index (χ1n) is 9.90. The van der Waals surface area contributed by atoms with E-state index in [1.807, 2.05) is 12.1 Å². The number of esters is 1. The molecular weight excluding hydrogens is 324 g/mol. The first-order valence-corrected chi connectivity index (χ1v) is 9.90. The van der Waals surface area contributed by atoms with Crippen molar-refractivity contribution in [2.45, 2.75) is 58.0 Å². The number of phenolic OH excluding ortho intramolecular Hbond substituents is 1. The molecule has 3 nitrogen and oxygen atoms in total. The summed E-state index contributed by atoms with van der Waals surface area (Å²) in [4.78, 5) is 11.6. The van der Waals surface area contributed by atoms with Gasteiger partial charge in [-0.05, 0) is 72.4 Å². The Balaban J connectivity index is 1.57. The summed E-state index contributed by atoms with van der Waals surface area (Å²) in [6.45, 7) is 3.88. The zero-order chi connectivity index (χ0) is 18.1. The van der Waals surface area contributed by atoms with Crippen LogP contribution >= 0.6 is 0 Å². The van der Waals surface area contributed by atoms with Crippen LogP contribution in [0.5, 0.6) is 5.75 Å². The molecule has 0 spiro atoms. The number of phenols is 1. The lowest BCUT2D eigenvalue weighted by molar-refractivity contribution is -0.154. The Kier molecular flexibility index (Phi) is 3.41. The highest BCUT2D eigenvalue weighted by atomic mass is 16.5. The van der Waals surface area contributed by atoms with Gasteiger partial charge >= 0.3 is 5.97 Å². The van der Waals surface area contributed by atoms with Crippen LogP contribution in [-0.4, -0.2) is 17.2 Å². The molecule has 26 heavy (non-hydrogen) atoms. The van der Waals surface area contributed by atoms with Crippen molar-refractivity contribution in [1.82, 2.24) is 0 Å². The van der Waals surface area contributed by atoms with Crippen molar-refractivity contribution in [3.8, 4) is 5.75 Å². The third kappa shape index (κ3) is 2.09. The van der Waals surface area contributed by atoms with Crippen LogP contribution in [0.4, 0.5) is 0 Å². The summed E-state index contributed by atoms with van der Waals surface area (Å²) >= 11 is 0. The number of hydrogen-bond donors (Lipinski definition) is 1. The number of ether oxygens (including phenoxy) is 1. The van der Waals surface area contributed by atoms with Crippen molar-refractivity contribution < 1.29 is 14.6 Å². The molecule has 5 rings (SSSR count). The molecule has 3 aliphatic rings. The van der Waals surface area contributed by atoms with Crippen molar-refractivity contribution >= 4 is 16.7 Å². The number of benzene rings is 2. The Bertz CT molecular complexity index is 902. The summed E-state index contributed by atoms with van der Waals surface area (Å²) in [6.07, 6.45) is 5.55. The van der Waals surface area contributed by atoms with Crippen LogP contribution in [0.1, 0.15) is 56.6 Å². The maximum Gasteiger partial charge on any atom is 0.302 e. The Hall–Kier alpha value is -2.03. The largest absolute Gasteiger partial charge is 0.507 e. The van der Waals surface area contributed by atoms with Crippen molar-refractivity contribution in [3.63, 3.8) is 0 Å². The lowest BCUT2D eigenvalue weighted by Gasteiger charge is -2.50. The third-order valence-electron chi connectivity index (χ3n) is 7.65. The Morgan fingerprint density at radius 3 is 2.85 bits per heavy atom. The van der Waals surface area contributed by atoms with Crippen LogP contribution in [0.25, 0.3) is 10.8 Å². The summed E-state index contributed by atoms with van der Waals surface area (Å²) in [5.74, 6) is 2.01. The fourth-order valence-electron chi connectivity index (χ4n) is 6.53. The molecule has 0 heterocycles. The second-order valence-electron chi connectivity index (χ2n) is 8.81. The third-order valence-corrected chi connectivity index (χ3v) is 7.65. The second kappa shape index (κ2) is 5.48. The minimum atomic E-state index is -0.145. The molecule has 0 aliphatic heterocycles. The maximum atomic E-state index is 11.6. The number of carbonyl (C=O) groups is 1. The quantitative estimate of drug-likeness (QED) is 0.741.